The van der Waals surface area contributed by atoms with Gasteiger partial charge in [-0.15, -0.1) is 0 Å². The lowest BCUT2D eigenvalue weighted by Gasteiger charge is -2.29. The summed E-state index contributed by atoms with van der Waals surface area (Å²) in [6.07, 6.45) is -1.15. The Balaban J connectivity index is 1.97. The lowest BCUT2D eigenvalue weighted by Crippen LogP contribution is -2.40. The van der Waals surface area contributed by atoms with Gasteiger partial charge in [0.2, 0.25) is 0 Å². The summed E-state index contributed by atoms with van der Waals surface area (Å²) in [6, 6.07) is 7.92. The summed E-state index contributed by atoms with van der Waals surface area (Å²) in [7, 11) is 1.19. The average molecular weight is 328 g/mol. The standard InChI is InChI=1S/C17H23F3N2O/c1-13(12-21(2)16(23)17(18,19)20)14-6-8-15(9-7-14)22-10-4-3-5-11-22/h6-9,13H,3-5,10-12H2,1-2H3. The highest BCUT2D eigenvalue weighted by atomic mass is 19.4. The molecule has 0 bridgehead atoms. The number of carbonyl (C=O) groups is 1. The fraction of sp³-hybridized carbons (Fsp3) is 0.588. The van der Waals surface area contributed by atoms with E-state index < -0.39 is 12.1 Å². The van der Waals surface area contributed by atoms with Crippen LogP contribution in [0.3, 0.4) is 0 Å². The van der Waals surface area contributed by atoms with Crippen molar-refractivity contribution in [2.75, 3.05) is 31.6 Å². The summed E-state index contributed by atoms with van der Waals surface area (Å²) >= 11 is 0. The molecule has 1 aromatic rings. The summed E-state index contributed by atoms with van der Waals surface area (Å²) in [4.78, 5) is 14.3. The Hall–Kier alpha value is -1.72. The van der Waals surface area contributed by atoms with E-state index in [1.165, 1.54) is 26.3 Å². The molecule has 0 radical (unpaired) electrons. The number of hydrogen-bond donors (Lipinski definition) is 0. The molecule has 1 amide bonds. The van der Waals surface area contributed by atoms with Crippen LogP contribution < -0.4 is 4.90 Å². The van der Waals surface area contributed by atoms with Gasteiger partial charge in [0.1, 0.15) is 0 Å². The van der Waals surface area contributed by atoms with Gasteiger partial charge in [-0.3, -0.25) is 4.79 Å². The van der Waals surface area contributed by atoms with Gasteiger partial charge in [0, 0.05) is 32.4 Å². The number of benzene rings is 1. The van der Waals surface area contributed by atoms with Crippen LogP contribution in [-0.4, -0.2) is 43.7 Å². The normalized spacial score (nSPS) is 17.0. The van der Waals surface area contributed by atoms with Crippen molar-refractivity contribution >= 4 is 11.6 Å². The molecule has 0 N–H and O–H groups in total. The molecule has 1 aliphatic heterocycles. The van der Waals surface area contributed by atoms with Crippen LogP contribution in [0.4, 0.5) is 18.9 Å². The third-order valence-electron chi connectivity index (χ3n) is 4.32. The highest BCUT2D eigenvalue weighted by Gasteiger charge is 2.41. The number of halogens is 3. The fourth-order valence-electron chi connectivity index (χ4n) is 2.98. The predicted octanol–water partition coefficient (Wildman–Crippen LogP) is 3.80. The van der Waals surface area contributed by atoms with Crippen molar-refractivity contribution < 1.29 is 18.0 Å². The first-order valence-corrected chi connectivity index (χ1v) is 7.96. The van der Waals surface area contributed by atoms with E-state index in [2.05, 4.69) is 4.90 Å². The molecular weight excluding hydrogens is 305 g/mol. The van der Waals surface area contributed by atoms with E-state index in [-0.39, 0.29) is 12.5 Å². The monoisotopic (exact) mass is 328 g/mol. The Morgan fingerprint density at radius 2 is 1.74 bits per heavy atom. The molecule has 1 heterocycles. The predicted molar refractivity (Wildman–Crippen MR) is 84.6 cm³/mol. The summed E-state index contributed by atoms with van der Waals surface area (Å²) in [6.45, 7) is 3.98. The largest absolute Gasteiger partial charge is 0.471 e. The number of likely N-dealkylation sites (N-methyl/N-ethyl adjacent to an activating group) is 1. The first-order chi connectivity index (χ1) is 10.8. The maximum Gasteiger partial charge on any atom is 0.471 e. The van der Waals surface area contributed by atoms with Gasteiger partial charge in [0.15, 0.2) is 0 Å². The molecule has 128 valence electrons. The smallest absolute Gasteiger partial charge is 0.372 e. The van der Waals surface area contributed by atoms with Gasteiger partial charge in [-0.2, -0.15) is 13.2 Å². The molecule has 0 spiro atoms. The number of rotatable bonds is 4. The van der Waals surface area contributed by atoms with Gasteiger partial charge in [-0.05, 0) is 42.9 Å². The first kappa shape index (κ1) is 17.6. The Kier molecular flexibility index (Phi) is 5.55. The van der Waals surface area contributed by atoms with Crippen molar-refractivity contribution in [3.63, 3.8) is 0 Å². The summed E-state index contributed by atoms with van der Waals surface area (Å²) in [5, 5.41) is 0. The van der Waals surface area contributed by atoms with Crippen LogP contribution in [0, 0.1) is 0 Å². The SMILES string of the molecule is CC(CN(C)C(=O)C(F)(F)F)c1ccc(N2CCCCC2)cc1. The Morgan fingerprint density at radius 1 is 1.17 bits per heavy atom. The zero-order chi connectivity index (χ0) is 17.0. The zero-order valence-electron chi connectivity index (χ0n) is 13.6. The van der Waals surface area contributed by atoms with Crippen LogP contribution in [-0.2, 0) is 4.79 Å². The number of anilines is 1. The van der Waals surface area contributed by atoms with Gasteiger partial charge in [-0.1, -0.05) is 19.1 Å². The van der Waals surface area contributed by atoms with Crippen molar-refractivity contribution in [3.8, 4) is 0 Å². The van der Waals surface area contributed by atoms with Crippen molar-refractivity contribution in [2.24, 2.45) is 0 Å². The lowest BCUT2D eigenvalue weighted by atomic mass is 10.00. The molecule has 23 heavy (non-hydrogen) atoms. The number of hydrogen-bond acceptors (Lipinski definition) is 2. The highest BCUT2D eigenvalue weighted by Crippen LogP contribution is 2.25. The molecule has 1 atom stereocenters. The van der Waals surface area contributed by atoms with E-state index in [4.69, 9.17) is 0 Å². The van der Waals surface area contributed by atoms with Gasteiger partial charge >= 0.3 is 12.1 Å². The topological polar surface area (TPSA) is 23.6 Å². The molecule has 3 nitrogen and oxygen atoms in total. The fourth-order valence-corrected chi connectivity index (χ4v) is 2.98. The Morgan fingerprint density at radius 3 is 2.26 bits per heavy atom. The summed E-state index contributed by atoms with van der Waals surface area (Å²) in [5.41, 5.74) is 2.09. The van der Waals surface area contributed by atoms with Gasteiger partial charge in [-0.25, -0.2) is 0 Å². The van der Waals surface area contributed by atoms with Crippen LogP contribution in [0.2, 0.25) is 0 Å². The Bertz CT molecular complexity index is 522. The van der Waals surface area contributed by atoms with Gasteiger partial charge in [0.05, 0.1) is 0 Å². The van der Waals surface area contributed by atoms with E-state index >= 15 is 0 Å². The van der Waals surface area contributed by atoms with E-state index in [1.54, 1.807) is 0 Å². The van der Waals surface area contributed by atoms with Crippen molar-refractivity contribution in [3.05, 3.63) is 29.8 Å². The molecule has 1 aromatic carbocycles. The van der Waals surface area contributed by atoms with Crippen LogP contribution in [0.15, 0.2) is 24.3 Å². The van der Waals surface area contributed by atoms with Crippen LogP contribution in [0.1, 0.15) is 37.7 Å². The number of amides is 1. The van der Waals surface area contributed by atoms with Gasteiger partial charge < -0.3 is 9.80 Å². The lowest BCUT2D eigenvalue weighted by molar-refractivity contribution is -0.184. The van der Waals surface area contributed by atoms with Crippen LogP contribution in [0.25, 0.3) is 0 Å². The maximum atomic E-state index is 12.4. The molecule has 0 aromatic heterocycles. The van der Waals surface area contributed by atoms with E-state index in [0.29, 0.717) is 0 Å². The Labute approximate surface area is 135 Å². The van der Waals surface area contributed by atoms with Crippen LogP contribution >= 0.6 is 0 Å². The molecule has 1 fully saturated rings. The van der Waals surface area contributed by atoms with Crippen molar-refractivity contribution in [1.82, 2.24) is 4.90 Å². The number of alkyl halides is 3. The first-order valence-electron chi connectivity index (χ1n) is 7.96. The second-order valence-electron chi connectivity index (χ2n) is 6.22. The van der Waals surface area contributed by atoms with E-state index in [0.717, 1.165) is 29.2 Å². The van der Waals surface area contributed by atoms with E-state index in [9.17, 15) is 18.0 Å². The van der Waals surface area contributed by atoms with E-state index in [1.807, 2.05) is 31.2 Å². The minimum Gasteiger partial charge on any atom is -0.372 e. The summed E-state index contributed by atoms with van der Waals surface area (Å²) in [5.74, 6) is -1.95. The molecule has 0 aliphatic carbocycles. The maximum absolute atomic E-state index is 12.4. The molecule has 6 heteroatoms. The number of piperidine rings is 1. The molecule has 2 rings (SSSR count). The highest BCUT2D eigenvalue weighted by molar-refractivity contribution is 5.81. The summed E-state index contributed by atoms with van der Waals surface area (Å²) < 4.78 is 37.2. The zero-order valence-corrected chi connectivity index (χ0v) is 13.6. The third kappa shape index (κ3) is 4.62. The molecular formula is C17H23F3N2O. The average Bonchev–Trinajstić information content (AvgIpc) is 2.54. The third-order valence-corrected chi connectivity index (χ3v) is 4.32. The van der Waals surface area contributed by atoms with Gasteiger partial charge in [0.25, 0.3) is 0 Å². The number of carbonyl (C=O) groups excluding carboxylic acids is 1. The van der Waals surface area contributed by atoms with Crippen molar-refractivity contribution in [1.29, 1.82) is 0 Å². The minimum absolute atomic E-state index is 0.0431. The second kappa shape index (κ2) is 7.23. The number of nitrogens with zero attached hydrogens (tertiary/aromatic N) is 2. The quantitative estimate of drug-likeness (QED) is 0.839. The minimum atomic E-state index is -4.81. The molecule has 1 unspecified atom stereocenters. The van der Waals surface area contributed by atoms with Crippen LogP contribution in [0.5, 0.6) is 0 Å². The molecule has 1 aliphatic rings. The second-order valence-corrected chi connectivity index (χ2v) is 6.22. The molecule has 0 saturated carbocycles. The molecule has 1 saturated heterocycles. The van der Waals surface area contributed by atoms with Crippen molar-refractivity contribution in [2.45, 2.75) is 38.3 Å².